The lowest BCUT2D eigenvalue weighted by Crippen LogP contribution is -2.53. The highest BCUT2D eigenvalue weighted by atomic mass is 16.6. The second-order valence-corrected chi connectivity index (χ2v) is 7.58. The van der Waals surface area contributed by atoms with Gasteiger partial charge in [0.15, 0.2) is 17.7 Å². The topological polar surface area (TPSA) is 80.7 Å². The van der Waals surface area contributed by atoms with Gasteiger partial charge in [-0.15, -0.1) is 0 Å². The van der Waals surface area contributed by atoms with E-state index in [1.807, 2.05) is 0 Å². The minimum Gasteiger partial charge on any atom is -0.454 e. The summed E-state index contributed by atoms with van der Waals surface area (Å²) in [4.78, 5) is 35.3. The number of ketones is 2. The van der Waals surface area contributed by atoms with Crippen LogP contribution in [0.5, 0.6) is 0 Å². The zero-order chi connectivity index (χ0) is 20.1. The summed E-state index contributed by atoms with van der Waals surface area (Å²) in [6, 6.07) is 0. The van der Waals surface area contributed by atoms with E-state index in [1.165, 1.54) is 64.4 Å². The van der Waals surface area contributed by atoms with Crippen molar-refractivity contribution in [2.75, 3.05) is 0 Å². The van der Waals surface area contributed by atoms with Crippen molar-refractivity contribution in [2.45, 2.75) is 109 Å². The van der Waals surface area contributed by atoms with E-state index in [0.29, 0.717) is 6.42 Å². The van der Waals surface area contributed by atoms with Crippen LogP contribution in [0.3, 0.4) is 0 Å². The van der Waals surface area contributed by atoms with Crippen molar-refractivity contribution in [3.05, 3.63) is 12.2 Å². The standard InChI is InChI=1S/C22H36O5/c1-3-4-5-6-7-8-9-10-11-12-13-14-15-19(24)22(26)20(25)16-17-21(22)27-18(2)23/h16-17,21,26H,3-15H2,1-2H3/t21-,22+/m0/s1. The number of hydrogen-bond donors (Lipinski definition) is 1. The van der Waals surface area contributed by atoms with Gasteiger partial charge in [-0.1, -0.05) is 77.6 Å². The molecule has 0 saturated carbocycles. The molecule has 0 aromatic heterocycles. The molecule has 0 radical (unpaired) electrons. The first kappa shape index (κ1) is 23.5. The van der Waals surface area contributed by atoms with Crippen LogP contribution in [0.4, 0.5) is 0 Å². The van der Waals surface area contributed by atoms with Gasteiger partial charge in [0.25, 0.3) is 0 Å². The molecule has 5 nitrogen and oxygen atoms in total. The summed E-state index contributed by atoms with van der Waals surface area (Å²) in [5, 5.41) is 10.5. The van der Waals surface area contributed by atoms with Gasteiger partial charge in [0.2, 0.25) is 5.60 Å². The van der Waals surface area contributed by atoms with E-state index >= 15 is 0 Å². The first-order chi connectivity index (χ1) is 12.9. The number of ether oxygens (including phenoxy) is 1. The van der Waals surface area contributed by atoms with Gasteiger partial charge in [0.1, 0.15) is 0 Å². The first-order valence-electron chi connectivity index (χ1n) is 10.6. The fourth-order valence-electron chi connectivity index (χ4n) is 3.50. The van der Waals surface area contributed by atoms with Gasteiger partial charge in [0, 0.05) is 13.3 Å². The van der Waals surface area contributed by atoms with Crippen molar-refractivity contribution in [1.82, 2.24) is 0 Å². The van der Waals surface area contributed by atoms with Crippen LogP contribution in [-0.4, -0.2) is 34.3 Å². The molecular weight excluding hydrogens is 344 g/mol. The number of carbonyl (C=O) groups is 3. The summed E-state index contributed by atoms with van der Waals surface area (Å²) < 4.78 is 4.91. The molecule has 27 heavy (non-hydrogen) atoms. The normalized spacial score (nSPS) is 21.6. The van der Waals surface area contributed by atoms with E-state index < -0.39 is 29.2 Å². The third-order valence-corrected chi connectivity index (χ3v) is 5.19. The number of aliphatic hydroxyl groups is 1. The molecule has 1 aliphatic carbocycles. The molecule has 2 atom stereocenters. The summed E-state index contributed by atoms with van der Waals surface area (Å²) in [6.45, 7) is 3.42. The van der Waals surface area contributed by atoms with E-state index in [9.17, 15) is 19.5 Å². The molecule has 0 saturated heterocycles. The van der Waals surface area contributed by atoms with Crippen molar-refractivity contribution in [3.8, 4) is 0 Å². The highest BCUT2D eigenvalue weighted by molar-refractivity contribution is 6.17. The number of rotatable bonds is 15. The largest absolute Gasteiger partial charge is 0.454 e. The Kier molecular flexibility index (Phi) is 11.2. The van der Waals surface area contributed by atoms with Crippen molar-refractivity contribution in [2.24, 2.45) is 0 Å². The molecule has 0 unspecified atom stereocenters. The molecule has 0 spiro atoms. The maximum absolute atomic E-state index is 12.3. The quantitative estimate of drug-likeness (QED) is 0.258. The van der Waals surface area contributed by atoms with Gasteiger partial charge in [-0.25, -0.2) is 0 Å². The Hall–Kier alpha value is -1.49. The first-order valence-corrected chi connectivity index (χ1v) is 10.6. The van der Waals surface area contributed by atoms with Crippen LogP contribution in [0.1, 0.15) is 97.3 Å². The fourth-order valence-corrected chi connectivity index (χ4v) is 3.50. The van der Waals surface area contributed by atoms with Crippen LogP contribution in [0.25, 0.3) is 0 Å². The number of carbonyl (C=O) groups excluding carboxylic acids is 3. The van der Waals surface area contributed by atoms with Crippen molar-refractivity contribution in [1.29, 1.82) is 0 Å². The Balaban J connectivity index is 2.13. The lowest BCUT2D eigenvalue weighted by molar-refractivity contribution is -0.166. The lowest BCUT2D eigenvalue weighted by Gasteiger charge is -2.26. The van der Waals surface area contributed by atoms with Crippen molar-refractivity contribution in [3.63, 3.8) is 0 Å². The summed E-state index contributed by atoms with van der Waals surface area (Å²) in [6.07, 6.45) is 15.5. The van der Waals surface area contributed by atoms with Gasteiger partial charge in [0.05, 0.1) is 0 Å². The number of Topliss-reactive ketones (excluding diaryl/α,β-unsaturated/α-hetero) is 1. The maximum atomic E-state index is 12.3. The van der Waals surface area contributed by atoms with Crippen LogP contribution in [-0.2, 0) is 19.1 Å². The Morgan fingerprint density at radius 2 is 1.44 bits per heavy atom. The SMILES string of the molecule is CCCCCCCCCCCCCCC(=O)[C@@]1(O)C(=O)C=C[C@@H]1OC(C)=O. The van der Waals surface area contributed by atoms with E-state index in [2.05, 4.69) is 6.92 Å². The second-order valence-electron chi connectivity index (χ2n) is 7.58. The van der Waals surface area contributed by atoms with Crippen molar-refractivity contribution < 1.29 is 24.2 Å². The molecule has 0 amide bonds. The molecule has 0 fully saturated rings. The lowest BCUT2D eigenvalue weighted by atomic mass is 9.89. The molecule has 0 bridgehead atoms. The minimum atomic E-state index is -2.23. The van der Waals surface area contributed by atoms with E-state index in [-0.39, 0.29) is 6.42 Å². The molecule has 1 aliphatic rings. The van der Waals surface area contributed by atoms with Gasteiger partial charge < -0.3 is 9.84 Å². The summed E-state index contributed by atoms with van der Waals surface area (Å²) in [5.41, 5.74) is -2.23. The van der Waals surface area contributed by atoms with E-state index in [0.717, 1.165) is 25.3 Å². The number of unbranched alkanes of at least 4 members (excludes halogenated alkanes) is 11. The minimum absolute atomic E-state index is 0.124. The van der Waals surface area contributed by atoms with Gasteiger partial charge in [-0.2, -0.15) is 0 Å². The summed E-state index contributed by atoms with van der Waals surface area (Å²) in [5.74, 6) is -1.88. The maximum Gasteiger partial charge on any atom is 0.303 e. The van der Waals surface area contributed by atoms with Crippen LogP contribution < -0.4 is 0 Å². The Labute approximate surface area is 163 Å². The van der Waals surface area contributed by atoms with Crippen molar-refractivity contribution >= 4 is 17.5 Å². The smallest absolute Gasteiger partial charge is 0.303 e. The Morgan fingerprint density at radius 3 is 1.93 bits per heavy atom. The highest BCUT2D eigenvalue weighted by Gasteiger charge is 2.52. The predicted molar refractivity (Wildman–Crippen MR) is 105 cm³/mol. The zero-order valence-corrected chi connectivity index (χ0v) is 17.0. The second kappa shape index (κ2) is 12.8. The molecule has 0 heterocycles. The summed E-state index contributed by atoms with van der Waals surface area (Å²) >= 11 is 0. The molecule has 1 N–H and O–H groups in total. The molecule has 1 rings (SSSR count). The van der Waals surface area contributed by atoms with Gasteiger partial charge in [-0.05, 0) is 18.6 Å². The Morgan fingerprint density at radius 1 is 0.963 bits per heavy atom. The average molecular weight is 381 g/mol. The van der Waals surface area contributed by atoms with E-state index in [4.69, 9.17) is 4.74 Å². The predicted octanol–water partition coefficient (Wildman–Crippen LogP) is 4.45. The highest BCUT2D eigenvalue weighted by Crippen LogP contribution is 2.27. The zero-order valence-electron chi connectivity index (χ0n) is 17.0. The monoisotopic (exact) mass is 380 g/mol. The molecular formula is C22H36O5. The third-order valence-electron chi connectivity index (χ3n) is 5.19. The van der Waals surface area contributed by atoms with Crippen LogP contribution in [0.2, 0.25) is 0 Å². The molecule has 154 valence electrons. The number of esters is 1. The Bertz CT molecular complexity index is 511. The van der Waals surface area contributed by atoms with Gasteiger partial charge in [-0.3, -0.25) is 14.4 Å². The fraction of sp³-hybridized carbons (Fsp3) is 0.773. The molecule has 0 aromatic rings. The summed E-state index contributed by atoms with van der Waals surface area (Å²) in [7, 11) is 0. The average Bonchev–Trinajstić information content (AvgIpc) is 2.91. The number of hydrogen-bond acceptors (Lipinski definition) is 5. The van der Waals surface area contributed by atoms with Crippen LogP contribution in [0, 0.1) is 0 Å². The van der Waals surface area contributed by atoms with E-state index in [1.54, 1.807) is 0 Å². The third kappa shape index (κ3) is 7.96. The molecule has 0 aromatic carbocycles. The molecule has 5 heteroatoms. The van der Waals surface area contributed by atoms with Crippen LogP contribution in [0.15, 0.2) is 12.2 Å². The molecule has 0 aliphatic heterocycles. The van der Waals surface area contributed by atoms with Crippen LogP contribution >= 0.6 is 0 Å². The van der Waals surface area contributed by atoms with Gasteiger partial charge >= 0.3 is 5.97 Å².